The van der Waals surface area contributed by atoms with Crippen molar-refractivity contribution in [1.29, 1.82) is 0 Å². The van der Waals surface area contributed by atoms with Crippen molar-refractivity contribution >= 4 is 0 Å². The fourth-order valence-corrected chi connectivity index (χ4v) is 2.79. The van der Waals surface area contributed by atoms with E-state index in [2.05, 4.69) is 22.6 Å². The molecule has 1 heterocycles. The molecule has 0 bridgehead atoms. The zero-order chi connectivity index (χ0) is 12.1. The van der Waals surface area contributed by atoms with Gasteiger partial charge in [0.05, 0.1) is 5.69 Å². The topological polar surface area (TPSA) is 42.7 Å². The van der Waals surface area contributed by atoms with Crippen LogP contribution in [0.5, 0.6) is 0 Å². The minimum Gasteiger partial charge on any atom is -0.308 e. The van der Waals surface area contributed by atoms with E-state index in [1.54, 1.807) is 4.68 Å². The lowest BCUT2D eigenvalue weighted by molar-refractivity contribution is 0.277. The van der Waals surface area contributed by atoms with E-state index in [0.29, 0.717) is 6.04 Å². The highest BCUT2D eigenvalue weighted by molar-refractivity contribution is 4.92. The van der Waals surface area contributed by atoms with Crippen LogP contribution in [0.2, 0.25) is 0 Å². The van der Waals surface area contributed by atoms with Gasteiger partial charge >= 0.3 is 0 Å². The van der Waals surface area contributed by atoms with E-state index in [4.69, 9.17) is 0 Å². The van der Waals surface area contributed by atoms with Crippen molar-refractivity contribution in [2.45, 2.75) is 58.0 Å². The molecule has 0 aromatic carbocycles. The highest BCUT2D eigenvalue weighted by atomic mass is 15.4. The highest BCUT2D eigenvalue weighted by Gasteiger charge is 2.20. The maximum Gasteiger partial charge on any atom is 0.0964 e. The van der Waals surface area contributed by atoms with Crippen LogP contribution in [0.1, 0.15) is 51.1 Å². The molecule has 4 heteroatoms. The van der Waals surface area contributed by atoms with Crippen LogP contribution < -0.4 is 5.32 Å². The highest BCUT2D eigenvalue weighted by Crippen LogP contribution is 2.27. The first-order valence-corrected chi connectivity index (χ1v) is 6.86. The minimum absolute atomic E-state index is 0.685. The van der Waals surface area contributed by atoms with E-state index in [1.165, 1.54) is 38.5 Å². The smallest absolute Gasteiger partial charge is 0.0964 e. The summed E-state index contributed by atoms with van der Waals surface area (Å²) >= 11 is 0. The van der Waals surface area contributed by atoms with Gasteiger partial charge in [0.15, 0.2) is 0 Å². The maximum atomic E-state index is 4.10. The van der Waals surface area contributed by atoms with Crippen molar-refractivity contribution in [3.8, 4) is 0 Å². The number of aromatic nitrogens is 3. The van der Waals surface area contributed by atoms with Crippen LogP contribution in [0.4, 0.5) is 0 Å². The molecule has 0 radical (unpaired) electrons. The van der Waals surface area contributed by atoms with Gasteiger partial charge in [0.1, 0.15) is 0 Å². The number of hydrogen-bond acceptors (Lipinski definition) is 3. The zero-order valence-electron chi connectivity index (χ0n) is 11.0. The second-order valence-electron chi connectivity index (χ2n) is 5.27. The molecule has 1 aliphatic rings. The molecule has 0 spiro atoms. The van der Waals surface area contributed by atoms with Crippen LogP contribution in [0, 0.1) is 5.92 Å². The largest absolute Gasteiger partial charge is 0.308 e. The summed E-state index contributed by atoms with van der Waals surface area (Å²) in [6.07, 6.45) is 10.2. The maximum absolute atomic E-state index is 4.10. The average Bonchev–Trinajstić information content (AvgIpc) is 2.75. The number of nitrogens with one attached hydrogen (secondary N) is 1. The molecule has 0 unspecified atom stereocenters. The quantitative estimate of drug-likeness (QED) is 0.852. The third-order valence-corrected chi connectivity index (χ3v) is 3.77. The second-order valence-corrected chi connectivity index (χ2v) is 5.27. The van der Waals surface area contributed by atoms with Crippen molar-refractivity contribution in [2.24, 2.45) is 13.0 Å². The molecule has 0 aliphatic heterocycles. The monoisotopic (exact) mass is 236 g/mol. The van der Waals surface area contributed by atoms with E-state index < -0.39 is 0 Å². The molecule has 2 rings (SSSR count). The Morgan fingerprint density at radius 2 is 2.12 bits per heavy atom. The molecule has 1 saturated carbocycles. The summed E-state index contributed by atoms with van der Waals surface area (Å²) in [6.45, 7) is 3.15. The Kier molecular flexibility index (Phi) is 4.54. The van der Waals surface area contributed by atoms with Gasteiger partial charge in [0, 0.05) is 25.8 Å². The molecule has 1 aromatic rings. The Balaban J connectivity index is 1.68. The fourth-order valence-electron chi connectivity index (χ4n) is 2.79. The van der Waals surface area contributed by atoms with E-state index in [0.717, 1.165) is 18.2 Å². The first-order valence-electron chi connectivity index (χ1n) is 6.86. The first kappa shape index (κ1) is 12.6. The number of nitrogens with zero attached hydrogens (tertiary/aromatic N) is 3. The minimum atomic E-state index is 0.685. The van der Waals surface area contributed by atoms with Crippen LogP contribution in [0.3, 0.4) is 0 Å². The zero-order valence-corrected chi connectivity index (χ0v) is 11.0. The molecular formula is C13H24N4. The third kappa shape index (κ3) is 3.80. The second kappa shape index (κ2) is 6.15. The summed E-state index contributed by atoms with van der Waals surface area (Å²) in [4.78, 5) is 0. The van der Waals surface area contributed by atoms with Gasteiger partial charge in [-0.3, -0.25) is 4.68 Å². The molecule has 1 fully saturated rings. The van der Waals surface area contributed by atoms with Gasteiger partial charge in [0.2, 0.25) is 0 Å². The molecule has 1 N–H and O–H groups in total. The third-order valence-electron chi connectivity index (χ3n) is 3.77. The van der Waals surface area contributed by atoms with E-state index >= 15 is 0 Å². The van der Waals surface area contributed by atoms with Crippen LogP contribution in [0.15, 0.2) is 6.20 Å². The molecule has 1 aromatic heterocycles. The molecule has 0 saturated heterocycles. The SMILES string of the molecule is CCCC1CCC(NCc2cn(C)nn2)CC1. The normalized spacial score (nSPS) is 25.1. The van der Waals surface area contributed by atoms with Crippen molar-refractivity contribution in [3.05, 3.63) is 11.9 Å². The van der Waals surface area contributed by atoms with Crippen LogP contribution >= 0.6 is 0 Å². The Hall–Kier alpha value is -0.900. The van der Waals surface area contributed by atoms with Crippen molar-refractivity contribution in [3.63, 3.8) is 0 Å². The van der Waals surface area contributed by atoms with Gasteiger partial charge in [-0.15, -0.1) is 5.10 Å². The number of rotatable bonds is 5. The molecule has 0 amide bonds. The summed E-state index contributed by atoms with van der Waals surface area (Å²) in [6, 6.07) is 0.685. The molecular weight excluding hydrogens is 212 g/mol. The van der Waals surface area contributed by atoms with Crippen LogP contribution in [-0.4, -0.2) is 21.0 Å². The summed E-state index contributed by atoms with van der Waals surface area (Å²) in [5.41, 5.74) is 1.04. The van der Waals surface area contributed by atoms with Gasteiger partial charge in [-0.05, 0) is 31.6 Å². The van der Waals surface area contributed by atoms with Crippen molar-refractivity contribution in [2.75, 3.05) is 0 Å². The average molecular weight is 236 g/mol. The summed E-state index contributed by atoms with van der Waals surface area (Å²) < 4.78 is 1.76. The molecule has 4 nitrogen and oxygen atoms in total. The summed E-state index contributed by atoms with van der Waals surface area (Å²) in [5.74, 6) is 0.981. The Morgan fingerprint density at radius 1 is 1.35 bits per heavy atom. The van der Waals surface area contributed by atoms with Gasteiger partial charge in [-0.25, -0.2) is 0 Å². The van der Waals surface area contributed by atoms with E-state index in [-0.39, 0.29) is 0 Å². The molecule has 96 valence electrons. The molecule has 17 heavy (non-hydrogen) atoms. The first-order chi connectivity index (χ1) is 8.28. The van der Waals surface area contributed by atoms with Gasteiger partial charge in [0.25, 0.3) is 0 Å². The van der Waals surface area contributed by atoms with Crippen LogP contribution in [0.25, 0.3) is 0 Å². The fraction of sp³-hybridized carbons (Fsp3) is 0.846. The Morgan fingerprint density at radius 3 is 2.71 bits per heavy atom. The van der Waals surface area contributed by atoms with Gasteiger partial charge < -0.3 is 5.32 Å². The summed E-state index contributed by atoms with van der Waals surface area (Å²) in [7, 11) is 1.91. The summed E-state index contributed by atoms with van der Waals surface area (Å²) in [5, 5.41) is 11.6. The Labute approximate surface area is 104 Å². The standard InChI is InChI=1S/C13H24N4/c1-3-4-11-5-7-12(8-6-11)14-9-13-10-17(2)16-15-13/h10-12,14H,3-9H2,1-2H3. The Bertz CT molecular complexity index is 326. The van der Waals surface area contributed by atoms with Crippen molar-refractivity contribution < 1.29 is 0 Å². The molecule has 1 aliphatic carbocycles. The number of aryl methyl sites for hydroxylation is 1. The predicted molar refractivity (Wildman–Crippen MR) is 68.5 cm³/mol. The molecule has 0 atom stereocenters. The van der Waals surface area contributed by atoms with Gasteiger partial charge in [-0.2, -0.15) is 0 Å². The van der Waals surface area contributed by atoms with E-state index in [9.17, 15) is 0 Å². The van der Waals surface area contributed by atoms with Crippen molar-refractivity contribution in [1.82, 2.24) is 20.3 Å². The van der Waals surface area contributed by atoms with E-state index in [1.807, 2.05) is 13.2 Å². The van der Waals surface area contributed by atoms with Crippen LogP contribution in [-0.2, 0) is 13.6 Å². The lowest BCUT2D eigenvalue weighted by Crippen LogP contribution is -2.32. The van der Waals surface area contributed by atoms with Gasteiger partial charge in [-0.1, -0.05) is 25.0 Å². The predicted octanol–water partition coefficient (Wildman–Crippen LogP) is 2.26. The lowest BCUT2D eigenvalue weighted by atomic mass is 9.83. The number of hydrogen-bond donors (Lipinski definition) is 1. The lowest BCUT2D eigenvalue weighted by Gasteiger charge is -2.28.